The van der Waals surface area contributed by atoms with Crippen molar-refractivity contribution in [1.82, 2.24) is 4.67 Å². The van der Waals surface area contributed by atoms with E-state index in [-0.39, 0.29) is 0 Å². The molecule has 64 valence electrons. The van der Waals surface area contributed by atoms with Crippen LogP contribution in [0.15, 0.2) is 0 Å². The highest BCUT2D eigenvalue weighted by Crippen LogP contribution is 2.21. The van der Waals surface area contributed by atoms with Gasteiger partial charge < -0.3 is 4.79 Å². The molecule has 1 heterocycles. The highest BCUT2D eigenvalue weighted by atomic mass is 31.0. The summed E-state index contributed by atoms with van der Waals surface area (Å²) in [5.41, 5.74) is 0. The van der Waals surface area contributed by atoms with Crippen molar-refractivity contribution in [3.8, 4) is 0 Å². The molecule has 11 heavy (non-hydrogen) atoms. The van der Waals surface area contributed by atoms with Gasteiger partial charge in [-0.25, -0.2) is 0 Å². The third-order valence-electron chi connectivity index (χ3n) is 2.13. The lowest BCUT2D eigenvalue weighted by atomic mass is 9.95. The van der Waals surface area contributed by atoms with Crippen molar-refractivity contribution in [3.05, 3.63) is 0 Å². The fourth-order valence-corrected chi connectivity index (χ4v) is 2.15. The molecule has 1 aliphatic rings. The average molecular weight is 173 g/mol. The Morgan fingerprint density at radius 1 is 1.73 bits per heavy atom. The highest BCUT2D eigenvalue weighted by Gasteiger charge is 2.17. The Hall–Kier alpha value is 0.0600. The van der Waals surface area contributed by atoms with Crippen LogP contribution in [0.25, 0.3) is 0 Å². The van der Waals surface area contributed by atoms with Crippen molar-refractivity contribution in [2.24, 2.45) is 5.92 Å². The van der Waals surface area contributed by atoms with Gasteiger partial charge in [-0.3, -0.25) is 4.67 Å². The highest BCUT2D eigenvalue weighted by molar-refractivity contribution is 7.13. The first-order valence-electron chi connectivity index (χ1n) is 4.17. The van der Waals surface area contributed by atoms with E-state index in [1.807, 2.05) is 0 Å². The first-order chi connectivity index (χ1) is 5.18. The van der Waals surface area contributed by atoms with Crippen LogP contribution in [0, 0.1) is 5.92 Å². The van der Waals surface area contributed by atoms with E-state index < -0.39 is 0 Å². The van der Waals surface area contributed by atoms with Crippen LogP contribution in [0.4, 0.5) is 0 Å². The molecular formula is C8H16NOP. The first kappa shape index (κ1) is 9.15. The molecule has 2 nitrogen and oxygen atoms in total. The number of hydrogen-bond donors (Lipinski definition) is 0. The minimum atomic E-state index is 0.329. The summed E-state index contributed by atoms with van der Waals surface area (Å²) in [5, 5.41) is 0. The predicted molar refractivity (Wildman–Crippen MR) is 49.3 cm³/mol. The van der Waals surface area contributed by atoms with E-state index in [1.165, 1.54) is 19.4 Å². The lowest BCUT2D eigenvalue weighted by Gasteiger charge is -2.28. The predicted octanol–water partition coefficient (Wildman–Crippen LogP) is 1.47. The van der Waals surface area contributed by atoms with Gasteiger partial charge in [-0.1, -0.05) is 9.39 Å². The molecule has 0 radical (unpaired) electrons. The third-order valence-corrected chi connectivity index (χ3v) is 2.60. The molecule has 0 saturated carbocycles. The second-order valence-corrected chi connectivity index (χ2v) is 4.14. The first-order valence-corrected chi connectivity index (χ1v) is 4.69. The third kappa shape index (κ3) is 3.31. The molecule has 0 bridgehead atoms. The lowest BCUT2D eigenvalue weighted by Crippen LogP contribution is -2.28. The van der Waals surface area contributed by atoms with Crippen LogP contribution in [0.5, 0.6) is 0 Å². The maximum atomic E-state index is 10.8. The van der Waals surface area contributed by atoms with Crippen LogP contribution in [0.1, 0.15) is 26.2 Å². The van der Waals surface area contributed by atoms with Crippen molar-refractivity contribution < 1.29 is 4.79 Å². The zero-order valence-electron chi connectivity index (χ0n) is 7.05. The summed E-state index contributed by atoms with van der Waals surface area (Å²) in [5.74, 6) is 0.939. The second-order valence-electron chi connectivity index (χ2n) is 3.41. The number of nitrogens with zero attached hydrogens (tertiary/aromatic N) is 1. The zero-order valence-corrected chi connectivity index (χ0v) is 8.20. The van der Waals surface area contributed by atoms with Crippen LogP contribution in [0.2, 0.25) is 0 Å². The Labute approximate surface area is 70.6 Å². The van der Waals surface area contributed by atoms with E-state index in [0.717, 1.165) is 13.0 Å². The molecule has 0 aromatic rings. The van der Waals surface area contributed by atoms with Crippen LogP contribution in [-0.2, 0) is 4.79 Å². The van der Waals surface area contributed by atoms with Crippen molar-refractivity contribution in [1.29, 1.82) is 0 Å². The molecule has 1 rings (SSSR count). The standard InChI is InChI=1S/C8H16NOP/c1-7(10)5-8-3-2-4-9(11)6-8/h8H,2-6,11H2,1H3. The van der Waals surface area contributed by atoms with Gasteiger partial charge in [0, 0.05) is 19.5 Å². The van der Waals surface area contributed by atoms with Crippen molar-refractivity contribution >= 4 is 15.2 Å². The maximum absolute atomic E-state index is 10.8. The maximum Gasteiger partial charge on any atom is 0.130 e. The van der Waals surface area contributed by atoms with E-state index >= 15 is 0 Å². The SMILES string of the molecule is CC(=O)CC1CCCN(P)C1. The summed E-state index contributed by atoms with van der Waals surface area (Å²) in [6, 6.07) is 0. The Balaban J connectivity index is 2.28. The van der Waals surface area contributed by atoms with Crippen molar-refractivity contribution in [2.75, 3.05) is 13.1 Å². The Morgan fingerprint density at radius 2 is 2.45 bits per heavy atom. The van der Waals surface area contributed by atoms with Gasteiger partial charge in [-0.05, 0) is 25.7 Å². The van der Waals surface area contributed by atoms with E-state index in [0.29, 0.717) is 11.7 Å². The molecular weight excluding hydrogens is 157 g/mol. The lowest BCUT2D eigenvalue weighted by molar-refractivity contribution is -0.118. The largest absolute Gasteiger partial charge is 0.300 e. The topological polar surface area (TPSA) is 20.3 Å². The van der Waals surface area contributed by atoms with Gasteiger partial charge in [0.25, 0.3) is 0 Å². The Morgan fingerprint density at radius 3 is 3.00 bits per heavy atom. The average Bonchev–Trinajstić information content (AvgIpc) is 1.85. The zero-order chi connectivity index (χ0) is 8.27. The second kappa shape index (κ2) is 4.18. The Bertz CT molecular complexity index is 149. The number of carbonyl (C=O) groups is 1. The van der Waals surface area contributed by atoms with Gasteiger partial charge in [-0.15, -0.1) is 0 Å². The molecule has 0 N–H and O–H groups in total. The van der Waals surface area contributed by atoms with Gasteiger partial charge >= 0.3 is 0 Å². The van der Waals surface area contributed by atoms with Crippen LogP contribution in [0.3, 0.4) is 0 Å². The fourth-order valence-electron chi connectivity index (χ4n) is 1.67. The number of ketones is 1. The monoisotopic (exact) mass is 173 g/mol. The fraction of sp³-hybridized carbons (Fsp3) is 0.875. The summed E-state index contributed by atoms with van der Waals surface area (Å²) in [4.78, 5) is 10.8. The van der Waals surface area contributed by atoms with E-state index in [4.69, 9.17) is 0 Å². The molecule has 0 aromatic heterocycles. The molecule has 1 aliphatic heterocycles. The molecule has 2 unspecified atom stereocenters. The van der Waals surface area contributed by atoms with Gasteiger partial charge in [0.2, 0.25) is 0 Å². The van der Waals surface area contributed by atoms with E-state index in [1.54, 1.807) is 6.92 Å². The molecule has 0 aliphatic carbocycles. The molecule has 3 heteroatoms. The van der Waals surface area contributed by atoms with Gasteiger partial charge in [0.05, 0.1) is 0 Å². The van der Waals surface area contributed by atoms with Gasteiger partial charge in [0.1, 0.15) is 5.78 Å². The molecule has 1 fully saturated rings. The van der Waals surface area contributed by atoms with Gasteiger partial charge in [0.15, 0.2) is 0 Å². The molecule has 0 spiro atoms. The van der Waals surface area contributed by atoms with E-state index in [2.05, 4.69) is 14.1 Å². The summed E-state index contributed by atoms with van der Waals surface area (Å²) in [6.45, 7) is 3.92. The molecule has 2 atom stereocenters. The van der Waals surface area contributed by atoms with E-state index in [9.17, 15) is 4.79 Å². The number of hydrogen-bond acceptors (Lipinski definition) is 2. The van der Waals surface area contributed by atoms with Crippen molar-refractivity contribution in [3.63, 3.8) is 0 Å². The summed E-state index contributed by atoms with van der Waals surface area (Å²) in [7, 11) is 2.71. The van der Waals surface area contributed by atoms with Crippen LogP contribution in [-0.4, -0.2) is 23.5 Å². The number of rotatable bonds is 2. The summed E-state index contributed by atoms with van der Waals surface area (Å²) >= 11 is 0. The van der Waals surface area contributed by atoms with Crippen LogP contribution < -0.4 is 0 Å². The molecule has 0 amide bonds. The smallest absolute Gasteiger partial charge is 0.130 e. The minimum Gasteiger partial charge on any atom is -0.300 e. The van der Waals surface area contributed by atoms with Crippen LogP contribution >= 0.6 is 9.39 Å². The molecule has 0 aromatic carbocycles. The minimum absolute atomic E-state index is 0.329. The quantitative estimate of drug-likeness (QED) is 0.589. The molecule has 1 saturated heterocycles. The number of carbonyl (C=O) groups excluding carboxylic acids is 1. The normalized spacial score (nSPS) is 26.9. The van der Waals surface area contributed by atoms with Crippen molar-refractivity contribution in [2.45, 2.75) is 26.2 Å². The number of piperidine rings is 1. The number of Topliss-reactive ketones (excluding diaryl/α,β-unsaturated/α-hetero) is 1. The Kier molecular flexibility index (Phi) is 3.47. The summed E-state index contributed by atoms with van der Waals surface area (Å²) in [6.07, 6.45) is 3.23. The summed E-state index contributed by atoms with van der Waals surface area (Å²) < 4.78 is 2.23. The van der Waals surface area contributed by atoms with Gasteiger partial charge in [-0.2, -0.15) is 0 Å².